The van der Waals surface area contributed by atoms with Crippen LogP contribution in [0.2, 0.25) is 0 Å². The lowest BCUT2D eigenvalue weighted by molar-refractivity contribution is 0.555. The minimum absolute atomic E-state index is 0.0611. The Hall–Kier alpha value is -3.93. The van der Waals surface area contributed by atoms with Crippen LogP contribution in [0.15, 0.2) is 61.1 Å². The first kappa shape index (κ1) is 25.2. The third-order valence-electron chi connectivity index (χ3n) is 6.14. The summed E-state index contributed by atoms with van der Waals surface area (Å²) >= 11 is 0. The van der Waals surface area contributed by atoms with E-state index in [-0.39, 0.29) is 11.8 Å². The van der Waals surface area contributed by atoms with Gasteiger partial charge < -0.3 is 10.3 Å². The number of anilines is 2. The standard InChI is InChI=1S/C28H29N5O2S/c1-4-19(2)33-36(34,35)18-22-7-5-21(6-8-22)9-10-23-16-30-17-24(15-29)28(23)32-26-11-12-27-25(20(26)3)13-14-31-27/h5-14,16-17,19,31,33H,4,18H2,1-3H3,(H,30,32)/b10-9+. The lowest BCUT2D eigenvalue weighted by Crippen LogP contribution is -2.32. The van der Waals surface area contributed by atoms with E-state index in [1.54, 1.807) is 12.4 Å². The number of rotatable bonds is 9. The first-order chi connectivity index (χ1) is 17.3. The van der Waals surface area contributed by atoms with Crippen LogP contribution in [0.5, 0.6) is 0 Å². The van der Waals surface area contributed by atoms with Gasteiger partial charge in [-0.05, 0) is 55.2 Å². The van der Waals surface area contributed by atoms with Gasteiger partial charge in [0.05, 0.1) is 17.0 Å². The predicted octanol–water partition coefficient (Wildman–Crippen LogP) is 5.87. The number of aromatic nitrogens is 2. The van der Waals surface area contributed by atoms with E-state index in [9.17, 15) is 13.7 Å². The molecule has 1 unspecified atom stereocenters. The van der Waals surface area contributed by atoms with E-state index < -0.39 is 10.0 Å². The third kappa shape index (κ3) is 5.82. The van der Waals surface area contributed by atoms with Crippen molar-refractivity contribution >= 4 is 44.5 Å². The van der Waals surface area contributed by atoms with Crippen molar-refractivity contribution in [3.8, 4) is 6.07 Å². The maximum Gasteiger partial charge on any atom is 0.216 e. The Morgan fingerprint density at radius 3 is 2.61 bits per heavy atom. The zero-order valence-corrected chi connectivity index (χ0v) is 21.4. The number of H-pyrrole nitrogens is 1. The molecule has 0 aliphatic rings. The molecule has 4 rings (SSSR count). The average Bonchev–Trinajstić information content (AvgIpc) is 3.35. The molecule has 2 heterocycles. The maximum atomic E-state index is 12.3. The molecular weight excluding hydrogens is 470 g/mol. The molecule has 0 saturated heterocycles. The Morgan fingerprint density at radius 2 is 1.89 bits per heavy atom. The summed E-state index contributed by atoms with van der Waals surface area (Å²) in [5, 5.41) is 14.2. The number of sulfonamides is 1. The van der Waals surface area contributed by atoms with Gasteiger partial charge in [-0.15, -0.1) is 0 Å². The van der Waals surface area contributed by atoms with Crippen molar-refractivity contribution in [3.63, 3.8) is 0 Å². The monoisotopic (exact) mass is 499 g/mol. The highest BCUT2D eigenvalue weighted by Gasteiger charge is 2.14. The van der Waals surface area contributed by atoms with Crippen LogP contribution < -0.4 is 10.0 Å². The molecule has 36 heavy (non-hydrogen) atoms. The normalized spacial score (nSPS) is 12.6. The number of aryl methyl sites for hydroxylation is 1. The highest BCUT2D eigenvalue weighted by atomic mass is 32.2. The summed E-state index contributed by atoms with van der Waals surface area (Å²) < 4.78 is 27.3. The van der Waals surface area contributed by atoms with Crippen molar-refractivity contribution in [3.05, 3.63) is 88.9 Å². The number of benzene rings is 2. The molecule has 0 amide bonds. The summed E-state index contributed by atoms with van der Waals surface area (Å²) in [6, 6.07) is 15.5. The fourth-order valence-corrected chi connectivity index (χ4v) is 5.44. The number of fused-ring (bicyclic) bond motifs is 1. The average molecular weight is 500 g/mol. The summed E-state index contributed by atoms with van der Waals surface area (Å²) in [7, 11) is -3.39. The summed E-state index contributed by atoms with van der Waals surface area (Å²) in [5.41, 5.74) is 6.57. The van der Waals surface area contributed by atoms with Crippen LogP contribution >= 0.6 is 0 Å². The van der Waals surface area contributed by atoms with Crippen molar-refractivity contribution < 1.29 is 8.42 Å². The second-order valence-corrected chi connectivity index (χ2v) is 10.6. The lowest BCUT2D eigenvalue weighted by atomic mass is 10.1. The number of nitrogens with zero attached hydrogens (tertiary/aromatic N) is 2. The number of pyridine rings is 1. The zero-order valence-electron chi connectivity index (χ0n) is 20.5. The Morgan fingerprint density at radius 1 is 1.11 bits per heavy atom. The van der Waals surface area contributed by atoms with Crippen LogP contribution in [0, 0.1) is 18.3 Å². The number of nitriles is 1. The van der Waals surface area contributed by atoms with Crippen LogP contribution in [0.1, 0.15) is 48.1 Å². The molecule has 0 fully saturated rings. The summed E-state index contributed by atoms with van der Waals surface area (Å²) in [5.74, 6) is -0.0611. The molecule has 7 nitrogen and oxygen atoms in total. The largest absolute Gasteiger partial charge is 0.361 e. The van der Waals surface area contributed by atoms with Crippen LogP contribution in [-0.2, 0) is 15.8 Å². The number of hydrogen-bond acceptors (Lipinski definition) is 5. The molecule has 0 radical (unpaired) electrons. The van der Waals surface area contributed by atoms with E-state index in [4.69, 9.17) is 0 Å². The van der Waals surface area contributed by atoms with Crippen molar-refractivity contribution in [2.24, 2.45) is 0 Å². The minimum atomic E-state index is -3.39. The smallest absolute Gasteiger partial charge is 0.216 e. The maximum absolute atomic E-state index is 12.3. The van der Waals surface area contributed by atoms with Gasteiger partial charge in [-0.2, -0.15) is 5.26 Å². The van der Waals surface area contributed by atoms with Gasteiger partial charge >= 0.3 is 0 Å². The SMILES string of the molecule is CCC(C)NS(=O)(=O)Cc1ccc(/C=C/c2cncc(C#N)c2Nc2ccc3[nH]ccc3c2C)cc1. The molecule has 0 aliphatic carbocycles. The molecule has 4 aromatic rings. The Balaban J connectivity index is 1.56. The van der Waals surface area contributed by atoms with Gasteiger partial charge in [-0.1, -0.05) is 43.3 Å². The van der Waals surface area contributed by atoms with Crippen LogP contribution in [0.3, 0.4) is 0 Å². The van der Waals surface area contributed by atoms with Crippen molar-refractivity contribution in [2.45, 2.75) is 39.0 Å². The first-order valence-corrected chi connectivity index (χ1v) is 13.4. The fourth-order valence-electron chi connectivity index (χ4n) is 3.94. The van der Waals surface area contributed by atoms with Crippen LogP contribution in [-0.4, -0.2) is 24.4 Å². The second-order valence-electron chi connectivity index (χ2n) is 8.83. The van der Waals surface area contributed by atoms with Gasteiger partial charge in [-0.3, -0.25) is 4.98 Å². The molecule has 2 aromatic carbocycles. The molecule has 2 aromatic heterocycles. The lowest BCUT2D eigenvalue weighted by Gasteiger charge is -2.14. The molecule has 0 saturated carbocycles. The van der Waals surface area contributed by atoms with E-state index in [2.05, 4.69) is 26.1 Å². The Labute approximate surface area is 212 Å². The third-order valence-corrected chi connectivity index (χ3v) is 7.62. The first-order valence-electron chi connectivity index (χ1n) is 11.8. The molecule has 0 bridgehead atoms. The summed E-state index contributed by atoms with van der Waals surface area (Å²) in [4.78, 5) is 7.44. The molecule has 184 valence electrons. The van der Waals surface area contributed by atoms with E-state index in [1.165, 1.54) is 0 Å². The molecule has 1 atom stereocenters. The van der Waals surface area contributed by atoms with Crippen LogP contribution in [0.25, 0.3) is 23.1 Å². The summed E-state index contributed by atoms with van der Waals surface area (Å²) in [6.07, 6.45) is 9.73. The zero-order chi connectivity index (χ0) is 25.7. The van der Waals surface area contributed by atoms with Crippen LogP contribution in [0.4, 0.5) is 11.4 Å². The topological polar surface area (TPSA) is 111 Å². The second kappa shape index (κ2) is 10.8. The number of nitrogens with one attached hydrogen (secondary N) is 3. The van der Waals surface area contributed by atoms with Gasteiger partial charge in [0.15, 0.2) is 0 Å². The van der Waals surface area contributed by atoms with E-state index in [0.29, 0.717) is 16.8 Å². The molecule has 8 heteroatoms. The highest BCUT2D eigenvalue weighted by Crippen LogP contribution is 2.31. The predicted molar refractivity (Wildman–Crippen MR) is 146 cm³/mol. The van der Waals surface area contributed by atoms with Gasteiger partial charge in [0, 0.05) is 46.8 Å². The van der Waals surface area contributed by atoms with Crippen molar-refractivity contribution in [1.29, 1.82) is 5.26 Å². The molecule has 0 aliphatic heterocycles. The van der Waals surface area contributed by atoms with Crippen molar-refractivity contribution in [1.82, 2.24) is 14.7 Å². The summed E-state index contributed by atoms with van der Waals surface area (Å²) in [6.45, 7) is 5.84. The van der Waals surface area contributed by atoms with Gasteiger partial charge in [0.2, 0.25) is 10.0 Å². The minimum Gasteiger partial charge on any atom is -0.361 e. The Bertz CT molecular complexity index is 1550. The molecular formula is C28H29N5O2S. The number of aromatic amines is 1. The number of hydrogen-bond donors (Lipinski definition) is 3. The van der Waals surface area contributed by atoms with E-state index in [1.807, 2.05) is 81.6 Å². The van der Waals surface area contributed by atoms with Crippen molar-refractivity contribution in [2.75, 3.05) is 5.32 Å². The van der Waals surface area contributed by atoms with Gasteiger partial charge in [0.25, 0.3) is 0 Å². The van der Waals surface area contributed by atoms with Gasteiger partial charge in [0.1, 0.15) is 6.07 Å². The fraction of sp³-hybridized carbons (Fsp3) is 0.214. The van der Waals surface area contributed by atoms with E-state index >= 15 is 0 Å². The molecule has 3 N–H and O–H groups in total. The quantitative estimate of drug-likeness (QED) is 0.266. The highest BCUT2D eigenvalue weighted by molar-refractivity contribution is 7.88. The van der Waals surface area contributed by atoms with E-state index in [0.717, 1.165) is 39.7 Å². The van der Waals surface area contributed by atoms with Gasteiger partial charge in [-0.25, -0.2) is 13.1 Å². The Kier molecular flexibility index (Phi) is 7.53. The molecule has 0 spiro atoms.